The Morgan fingerprint density at radius 1 is 1.53 bits per heavy atom. The third-order valence-corrected chi connectivity index (χ3v) is 4.68. The van der Waals surface area contributed by atoms with E-state index < -0.39 is 0 Å². The fraction of sp³-hybridized carbons (Fsp3) is 0.636. The molecule has 2 unspecified atom stereocenters. The summed E-state index contributed by atoms with van der Waals surface area (Å²) in [4.78, 5) is 3.13. The van der Waals surface area contributed by atoms with Crippen molar-refractivity contribution in [3.8, 4) is 0 Å². The van der Waals surface area contributed by atoms with Crippen LogP contribution in [0.2, 0.25) is 0 Å². The maximum absolute atomic E-state index is 5.51. The van der Waals surface area contributed by atoms with E-state index in [2.05, 4.69) is 43.7 Å². The molecular formula is C11H15Br2NO. The molecule has 2 nitrogen and oxygen atoms in total. The standard InChI is InChI=1S/C11H15Br2NO/c1-8-6-14(5-4-10(8)12)7-9-2-3-11(13)15-9/h2-3,8,10H,4-7H2,1H3. The molecule has 0 aromatic carbocycles. The average molecular weight is 337 g/mol. The third-order valence-electron chi connectivity index (χ3n) is 2.89. The average Bonchev–Trinajstić information content (AvgIpc) is 2.58. The van der Waals surface area contributed by atoms with Gasteiger partial charge < -0.3 is 4.42 Å². The first-order valence-corrected chi connectivity index (χ1v) is 6.96. The van der Waals surface area contributed by atoms with Crippen molar-refractivity contribution in [1.82, 2.24) is 4.90 Å². The number of alkyl halides is 1. The van der Waals surface area contributed by atoms with E-state index in [0.717, 1.165) is 36.0 Å². The lowest BCUT2D eigenvalue weighted by Gasteiger charge is -2.33. The number of likely N-dealkylation sites (tertiary alicyclic amines) is 1. The van der Waals surface area contributed by atoms with Gasteiger partial charge in [-0.05, 0) is 46.9 Å². The van der Waals surface area contributed by atoms with Gasteiger partial charge in [0.2, 0.25) is 0 Å². The Hall–Kier alpha value is 0.200. The van der Waals surface area contributed by atoms with Crippen molar-refractivity contribution in [1.29, 1.82) is 0 Å². The van der Waals surface area contributed by atoms with Crippen LogP contribution < -0.4 is 0 Å². The molecule has 1 aliphatic rings. The first kappa shape index (κ1) is 11.7. The lowest BCUT2D eigenvalue weighted by Crippen LogP contribution is -2.39. The van der Waals surface area contributed by atoms with Crippen molar-refractivity contribution in [2.45, 2.75) is 24.7 Å². The van der Waals surface area contributed by atoms with Gasteiger partial charge in [-0.15, -0.1) is 0 Å². The monoisotopic (exact) mass is 335 g/mol. The smallest absolute Gasteiger partial charge is 0.169 e. The molecule has 2 atom stereocenters. The second-order valence-corrected chi connectivity index (χ2v) is 6.18. The molecule has 1 aliphatic heterocycles. The number of furan rings is 1. The van der Waals surface area contributed by atoms with Gasteiger partial charge in [-0.2, -0.15) is 0 Å². The maximum atomic E-state index is 5.51. The lowest BCUT2D eigenvalue weighted by molar-refractivity contribution is 0.171. The van der Waals surface area contributed by atoms with Crippen LogP contribution in [0.1, 0.15) is 19.1 Å². The molecule has 1 aromatic rings. The quantitative estimate of drug-likeness (QED) is 0.766. The molecule has 0 bridgehead atoms. The second-order valence-electron chi connectivity index (χ2n) is 4.22. The topological polar surface area (TPSA) is 16.4 Å². The molecule has 0 spiro atoms. The van der Waals surface area contributed by atoms with Gasteiger partial charge in [0, 0.05) is 11.4 Å². The predicted molar refractivity (Wildman–Crippen MR) is 68.2 cm³/mol. The van der Waals surface area contributed by atoms with Crippen molar-refractivity contribution in [2.75, 3.05) is 13.1 Å². The molecule has 4 heteroatoms. The molecule has 15 heavy (non-hydrogen) atoms. The van der Waals surface area contributed by atoms with Gasteiger partial charge in [-0.3, -0.25) is 4.90 Å². The van der Waals surface area contributed by atoms with Crippen LogP contribution in [0.15, 0.2) is 21.2 Å². The van der Waals surface area contributed by atoms with Crippen molar-refractivity contribution in [3.63, 3.8) is 0 Å². The molecule has 1 fully saturated rings. The summed E-state index contributed by atoms with van der Waals surface area (Å²) in [5, 5.41) is 0. The number of halogens is 2. The summed E-state index contributed by atoms with van der Waals surface area (Å²) in [5.74, 6) is 1.76. The molecule has 0 saturated carbocycles. The van der Waals surface area contributed by atoms with Crippen LogP contribution in [0.3, 0.4) is 0 Å². The molecule has 0 N–H and O–H groups in total. The normalized spacial score (nSPS) is 28.2. The molecule has 0 amide bonds. The highest BCUT2D eigenvalue weighted by molar-refractivity contribution is 9.10. The fourth-order valence-corrected chi connectivity index (χ4v) is 2.72. The fourth-order valence-electron chi connectivity index (χ4n) is 2.00. The molecule has 0 radical (unpaired) electrons. The minimum Gasteiger partial charge on any atom is -0.453 e. The highest BCUT2D eigenvalue weighted by Gasteiger charge is 2.24. The van der Waals surface area contributed by atoms with Gasteiger partial charge in [0.25, 0.3) is 0 Å². The Morgan fingerprint density at radius 3 is 2.93 bits per heavy atom. The zero-order chi connectivity index (χ0) is 10.8. The van der Waals surface area contributed by atoms with E-state index in [1.807, 2.05) is 12.1 Å². The Kier molecular flexibility index (Phi) is 3.91. The van der Waals surface area contributed by atoms with Crippen molar-refractivity contribution >= 4 is 31.9 Å². The van der Waals surface area contributed by atoms with Gasteiger partial charge >= 0.3 is 0 Å². The van der Waals surface area contributed by atoms with Gasteiger partial charge in [0.1, 0.15) is 5.76 Å². The number of rotatable bonds is 2. The van der Waals surface area contributed by atoms with Gasteiger partial charge in [-0.25, -0.2) is 0 Å². The lowest BCUT2D eigenvalue weighted by atomic mass is 10.00. The van der Waals surface area contributed by atoms with E-state index in [1.165, 1.54) is 6.42 Å². The summed E-state index contributed by atoms with van der Waals surface area (Å²) in [5.41, 5.74) is 0. The summed E-state index contributed by atoms with van der Waals surface area (Å²) in [6.07, 6.45) is 1.23. The van der Waals surface area contributed by atoms with Crippen LogP contribution >= 0.6 is 31.9 Å². The summed E-state index contributed by atoms with van der Waals surface area (Å²) in [6.45, 7) is 5.52. The number of hydrogen-bond donors (Lipinski definition) is 0. The van der Waals surface area contributed by atoms with Crippen LogP contribution in [-0.4, -0.2) is 22.8 Å². The van der Waals surface area contributed by atoms with E-state index in [-0.39, 0.29) is 0 Å². The van der Waals surface area contributed by atoms with E-state index in [4.69, 9.17) is 4.42 Å². The Balaban J connectivity index is 1.90. The highest BCUT2D eigenvalue weighted by Crippen LogP contribution is 2.25. The van der Waals surface area contributed by atoms with E-state index in [0.29, 0.717) is 4.83 Å². The highest BCUT2D eigenvalue weighted by atomic mass is 79.9. The summed E-state index contributed by atoms with van der Waals surface area (Å²) >= 11 is 7.04. The van der Waals surface area contributed by atoms with E-state index >= 15 is 0 Å². The van der Waals surface area contributed by atoms with Crippen LogP contribution in [0, 0.1) is 5.92 Å². The second kappa shape index (κ2) is 5.02. The summed E-state index contributed by atoms with van der Waals surface area (Å²) in [6, 6.07) is 3.99. The number of hydrogen-bond acceptors (Lipinski definition) is 2. The maximum Gasteiger partial charge on any atom is 0.169 e. The predicted octanol–water partition coefficient (Wildman–Crippen LogP) is 3.65. The first-order chi connectivity index (χ1) is 7.15. The molecular weight excluding hydrogens is 322 g/mol. The zero-order valence-electron chi connectivity index (χ0n) is 8.75. The van der Waals surface area contributed by atoms with Crippen LogP contribution in [0.25, 0.3) is 0 Å². The Bertz CT molecular complexity index is 326. The molecule has 2 rings (SSSR count). The molecule has 2 heterocycles. The van der Waals surface area contributed by atoms with Crippen molar-refractivity contribution in [3.05, 3.63) is 22.6 Å². The molecule has 84 valence electrons. The number of piperidine rings is 1. The van der Waals surface area contributed by atoms with Gasteiger partial charge in [-0.1, -0.05) is 22.9 Å². The largest absolute Gasteiger partial charge is 0.453 e. The Labute approximate surface area is 107 Å². The summed E-state index contributed by atoms with van der Waals surface area (Å²) < 4.78 is 6.33. The van der Waals surface area contributed by atoms with Crippen LogP contribution in [0.4, 0.5) is 0 Å². The first-order valence-electron chi connectivity index (χ1n) is 5.26. The van der Waals surface area contributed by atoms with Crippen molar-refractivity contribution in [2.24, 2.45) is 5.92 Å². The SMILES string of the molecule is CC1CN(Cc2ccc(Br)o2)CCC1Br. The molecule has 1 saturated heterocycles. The van der Waals surface area contributed by atoms with Crippen molar-refractivity contribution < 1.29 is 4.42 Å². The van der Waals surface area contributed by atoms with Crippen LogP contribution in [-0.2, 0) is 6.54 Å². The van der Waals surface area contributed by atoms with Gasteiger partial charge in [0.15, 0.2) is 4.67 Å². The van der Waals surface area contributed by atoms with E-state index in [9.17, 15) is 0 Å². The number of nitrogens with zero attached hydrogens (tertiary/aromatic N) is 1. The molecule has 0 aliphatic carbocycles. The third kappa shape index (κ3) is 3.08. The Morgan fingerprint density at radius 2 is 2.33 bits per heavy atom. The zero-order valence-corrected chi connectivity index (χ0v) is 11.9. The summed E-state index contributed by atoms with van der Waals surface area (Å²) in [7, 11) is 0. The van der Waals surface area contributed by atoms with E-state index in [1.54, 1.807) is 0 Å². The van der Waals surface area contributed by atoms with Crippen LogP contribution in [0.5, 0.6) is 0 Å². The molecule has 1 aromatic heterocycles. The minimum absolute atomic E-state index is 0.678. The minimum atomic E-state index is 0.678. The van der Waals surface area contributed by atoms with Gasteiger partial charge in [0.05, 0.1) is 6.54 Å².